The van der Waals surface area contributed by atoms with Gasteiger partial charge in [-0.2, -0.15) is 38.1 Å². The first-order valence-electron chi connectivity index (χ1n) is 13.1. The van der Waals surface area contributed by atoms with E-state index in [9.17, 15) is 35.5 Å². The van der Waals surface area contributed by atoms with Gasteiger partial charge in [0.25, 0.3) is 0 Å². The fourth-order valence-corrected chi connectivity index (χ4v) is 6.50. The van der Waals surface area contributed by atoms with Gasteiger partial charge >= 0.3 is 18.4 Å². The van der Waals surface area contributed by atoms with Crippen molar-refractivity contribution in [1.29, 1.82) is 0 Å². The van der Waals surface area contributed by atoms with Gasteiger partial charge in [0, 0.05) is 44.2 Å². The van der Waals surface area contributed by atoms with Crippen molar-refractivity contribution in [3.8, 4) is 0 Å². The van der Waals surface area contributed by atoms with Gasteiger partial charge in [0.2, 0.25) is 0 Å². The molecule has 4 rings (SSSR count). The molecule has 2 aliphatic rings. The van der Waals surface area contributed by atoms with Crippen LogP contribution < -0.4 is 0 Å². The number of likely N-dealkylation sites (tertiary alicyclic amines) is 1. The minimum atomic E-state index is -4.99. The number of amides is 2. The summed E-state index contributed by atoms with van der Waals surface area (Å²) >= 11 is 1.88. The van der Waals surface area contributed by atoms with E-state index in [1.54, 1.807) is 17.9 Å². The molecule has 40 heavy (non-hydrogen) atoms. The summed E-state index contributed by atoms with van der Waals surface area (Å²) in [6.07, 6.45) is -8.71. The molecule has 0 aliphatic carbocycles. The average Bonchev–Trinajstić information content (AvgIpc) is 2.91. The Morgan fingerprint density at radius 2 is 1.57 bits per heavy atom. The first kappa shape index (κ1) is 30.5. The molecule has 3 atom stereocenters. The van der Waals surface area contributed by atoms with E-state index >= 15 is 0 Å². The molecule has 2 heterocycles. The third-order valence-corrected chi connectivity index (χ3v) is 8.89. The van der Waals surface area contributed by atoms with Gasteiger partial charge in [0.1, 0.15) is 5.82 Å². The Bertz CT molecular complexity index is 1180. The summed E-state index contributed by atoms with van der Waals surface area (Å²) in [5, 5.41) is 0. The lowest BCUT2D eigenvalue weighted by Crippen LogP contribution is -2.53. The van der Waals surface area contributed by atoms with E-state index in [0.29, 0.717) is 37.1 Å². The van der Waals surface area contributed by atoms with Crippen molar-refractivity contribution in [2.75, 3.05) is 38.2 Å². The van der Waals surface area contributed by atoms with Gasteiger partial charge in [-0.05, 0) is 73.7 Å². The lowest BCUT2D eigenvalue weighted by Gasteiger charge is -2.46. The Balaban J connectivity index is 1.65. The summed E-state index contributed by atoms with van der Waals surface area (Å²) in [7, 11) is 1.38. The molecule has 2 aliphatic heterocycles. The maximum absolute atomic E-state index is 13.9. The van der Waals surface area contributed by atoms with Crippen LogP contribution in [0.4, 0.5) is 35.5 Å². The van der Waals surface area contributed by atoms with Crippen LogP contribution in [-0.2, 0) is 12.4 Å². The molecule has 2 aromatic rings. The molecule has 220 valence electrons. The number of carbonyl (C=O) groups excluding carboxylic acids is 1. The fourth-order valence-electron chi connectivity index (χ4n) is 5.57. The Morgan fingerprint density at radius 1 is 0.975 bits per heavy atom. The van der Waals surface area contributed by atoms with Crippen LogP contribution in [0.15, 0.2) is 36.4 Å². The average molecular weight is 592 g/mol. The van der Waals surface area contributed by atoms with Crippen molar-refractivity contribution in [3.63, 3.8) is 0 Å². The smallest absolute Gasteiger partial charge is 0.321 e. The summed E-state index contributed by atoms with van der Waals surface area (Å²) < 4.78 is 94.7. The zero-order valence-electron chi connectivity index (χ0n) is 22.4. The SMILES string of the molecule is Cc1cc(F)ccc1[C@H]1C[C@H](N2CCSCC2)CCN1C(=O)N(C)[C@H](C)c1cc(C(F)(F)F)cc(C(F)(F)F)c1. The molecule has 0 bridgehead atoms. The van der Waals surface area contributed by atoms with Crippen LogP contribution in [0.5, 0.6) is 0 Å². The molecule has 2 amide bonds. The van der Waals surface area contributed by atoms with Crippen molar-refractivity contribution in [2.24, 2.45) is 0 Å². The van der Waals surface area contributed by atoms with Gasteiger partial charge in [0.05, 0.1) is 23.2 Å². The molecule has 0 aromatic heterocycles. The Kier molecular flexibility index (Phi) is 8.99. The van der Waals surface area contributed by atoms with E-state index in [1.807, 2.05) is 11.8 Å². The lowest BCUT2D eigenvalue weighted by atomic mass is 9.88. The number of hydrogen-bond donors (Lipinski definition) is 0. The molecule has 0 unspecified atom stereocenters. The first-order chi connectivity index (χ1) is 18.7. The van der Waals surface area contributed by atoms with Crippen molar-refractivity contribution in [2.45, 2.75) is 57.2 Å². The zero-order valence-corrected chi connectivity index (χ0v) is 23.3. The summed E-state index contributed by atoms with van der Waals surface area (Å²) in [6.45, 7) is 5.36. The van der Waals surface area contributed by atoms with Gasteiger partial charge in [-0.15, -0.1) is 0 Å². The first-order valence-corrected chi connectivity index (χ1v) is 14.2. The maximum Gasteiger partial charge on any atom is 0.416 e. The zero-order chi connectivity index (χ0) is 29.4. The maximum atomic E-state index is 13.9. The highest BCUT2D eigenvalue weighted by Crippen LogP contribution is 2.40. The second-order valence-corrected chi connectivity index (χ2v) is 11.7. The van der Waals surface area contributed by atoms with Crippen molar-refractivity contribution in [3.05, 3.63) is 70.0 Å². The van der Waals surface area contributed by atoms with E-state index in [-0.39, 0.29) is 17.7 Å². The monoisotopic (exact) mass is 591 g/mol. The quantitative estimate of drug-likeness (QED) is 0.344. The molecular formula is C28H32F7N3OS. The number of thioether (sulfide) groups is 1. The van der Waals surface area contributed by atoms with Gasteiger partial charge in [0.15, 0.2) is 0 Å². The lowest BCUT2D eigenvalue weighted by molar-refractivity contribution is -0.143. The van der Waals surface area contributed by atoms with Gasteiger partial charge in [-0.1, -0.05) is 6.07 Å². The predicted molar refractivity (Wildman–Crippen MR) is 141 cm³/mol. The molecule has 0 spiro atoms. The third kappa shape index (κ3) is 6.70. The molecule has 12 heteroatoms. The van der Waals surface area contributed by atoms with Gasteiger partial charge in [-0.25, -0.2) is 9.18 Å². The normalized spacial score (nSPS) is 21.8. The van der Waals surface area contributed by atoms with Crippen LogP contribution in [0.2, 0.25) is 0 Å². The number of hydrogen-bond acceptors (Lipinski definition) is 3. The number of halogens is 7. The second-order valence-electron chi connectivity index (χ2n) is 10.4. The number of nitrogens with zero attached hydrogens (tertiary/aromatic N) is 3. The minimum absolute atomic E-state index is 0.0786. The van der Waals surface area contributed by atoms with E-state index in [2.05, 4.69) is 4.90 Å². The van der Waals surface area contributed by atoms with Crippen LogP contribution in [0.1, 0.15) is 59.7 Å². The van der Waals surface area contributed by atoms with Crippen molar-refractivity contribution < 1.29 is 35.5 Å². The van der Waals surface area contributed by atoms with Crippen LogP contribution >= 0.6 is 11.8 Å². The predicted octanol–water partition coefficient (Wildman–Crippen LogP) is 7.54. The third-order valence-electron chi connectivity index (χ3n) is 7.95. The Hall–Kier alpha value is -2.47. The summed E-state index contributed by atoms with van der Waals surface area (Å²) in [6, 6.07) is 3.95. The number of carbonyl (C=O) groups is 1. The minimum Gasteiger partial charge on any atom is -0.321 e. The van der Waals surface area contributed by atoms with Crippen LogP contribution in [0.3, 0.4) is 0 Å². The number of benzene rings is 2. The molecule has 0 N–H and O–H groups in total. The highest BCUT2D eigenvalue weighted by Gasteiger charge is 2.40. The van der Waals surface area contributed by atoms with E-state index in [0.717, 1.165) is 30.2 Å². The summed E-state index contributed by atoms with van der Waals surface area (Å²) in [5.41, 5.74) is -1.68. The Labute approximate surface area is 233 Å². The second kappa shape index (κ2) is 11.8. The molecule has 4 nitrogen and oxygen atoms in total. The van der Waals surface area contributed by atoms with Crippen molar-refractivity contribution >= 4 is 17.8 Å². The van der Waals surface area contributed by atoms with Crippen molar-refractivity contribution in [1.82, 2.24) is 14.7 Å². The van der Waals surface area contributed by atoms with Gasteiger partial charge in [-0.3, -0.25) is 4.90 Å². The number of urea groups is 1. The van der Waals surface area contributed by atoms with Crippen LogP contribution in [0, 0.1) is 12.7 Å². The number of rotatable bonds is 4. The standard InChI is InChI=1S/C28H32F7N3OS/c1-17-12-22(29)4-5-24(17)25-16-23(37-8-10-40-11-9-37)6-7-38(25)26(39)36(3)18(2)19-13-20(27(30,31)32)15-21(14-19)28(33,34)35/h4-5,12-15,18,23,25H,6-11,16H2,1-3H3/t18-,23-,25-/m1/s1. The van der Waals surface area contributed by atoms with E-state index in [4.69, 9.17) is 0 Å². The Morgan fingerprint density at radius 3 is 2.12 bits per heavy atom. The topological polar surface area (TPSA) is 26.8 Å². The van der Waals surface area contributed by atoms with Crippen LogP contribution in [0.25, 0.3) is 0 Å². The molecule has 0 saturated carbocycles. The van der Waals surface area contributed by atoms with Gasteiger partial charge < -0.3 is 9.80 Å². The number of aryl methyl sites for hydroxylation is 1. The largest absolute Gasteiger partial charge is 0.416 e. The molecule has 2 saturated heterocycles. The summed E-state index contributed by atoms with van der Waals surface area (Å²) in [4.78, 5) is 19.0. The highest BCUT2D eigenvalue weighted by atomic mass is 32.2. The van der Waals surface area contributed by atoms with Crippen LogP contribution in [-0.4, -0.2) is 65.0 Å². The fraction of sp³-hybridized carbons (Fsp3) is 0.536. The number of piperidine rings is 1. The molecule has 2 fully saturated rings. The number of alkyl halides is 6. The summed E-state index contributed by atoms with van der Waals surface area (Å²) in [5.74, 6) is 1.61. The van der Waals surface area contributed by atoms with E-state index in [1.165, 1.54) is 31.0 Å². The molecule has 2 aromatic carbocycles. The highest BCUT2D eigenvalue weighted by molar-refractivity contribution is 7.99. The molecular weight excluding hydrogens is 559 g/mol. The molecule has 0 radical (unpaired) electrons. The van der Waals surface area contributed by atoms with E-state index < -0.39 is 47.4 Å².